The van der Waals surface area contributed by atoms with Crippen molar-refractivity contribution < 1.29 is 4.79 Å². The van der Waals surface area contributed by atoms with Gasteiger partial charge in [0.05, 0.1) is 0 Å². The smallest absolute Gasteiger partial charge is 0.274 e. The van der Waals surface area contributed by atoms with Crippen LogP contribution in [-0.2, 0) is 0 Å². The van der Waals surface area contributed by atoms with Gasteiger partial charge in [-0.2, -0.15) is 0 Å². The number of carbonyl (C=O) groups is 1. The van der Waals surface area contributed by atoms with Gasteiger partial charge in [0, 0.05) is 22.6 Å². The van der Waals surface area contributed by atoms with Crippen LogP contribution in [0.15, 0.2) is 48.7 Å². The Labute approximate surface area is 157 Å². The van der Waals surface area contributed by atoms with E-state index in [1.807, 2.05) is 51.1 Å². The van der Waals surface area contributed by atoms with Gasteiger partial charge in [-0.25, -0.2) is 9.97 Å². The van der Waals surface area contributed by atoms with Crippen molar-refractivity contribution in [1.82, 2.24) is 9.97 Å². The molecule has 132 valence electrons. The van der Waals surface area contributed by atoms with Gasteiger partial charge in [0.25, 0.3) is 5.91 Å². The predicted molar refractivity (Wildman–Crippen MR) is 105 cm³/mol. The Balaban J connectivity index is 1.80. The molecule has 5 nitrogen and oxygen atoms in total. The Morgan fingerprint density at radius 1 is 1.04 bits per heavy atom. The fourth-order valence-electron chi connectivity index (χ4n) is 2.65. The highest BCUT2D eigenvalue weighted by molar-refractivity contribution is 6.31. The molecule has 0 aliphatic heterocycles. The monoisotopic (exact) mass is 366 g/mol. The third-order valence-corrected chi connectivity index (χ3v) is 4.29. The van der Waals surface area contributed by atoms with Gasteiger partial charge in [0.15, 0.2) is 0 Å². The first-order chi connectivity index (χ1) is 12.4. The topological polar surface area (TPSA) is 66.9 Å². The second-order valence-electron chi connectivity index (χ2n) is 6.13. The van der Waals surface area contributed by atoms with E-state index in [2.05, 4.69) is 26.7 Å². The lowest BCUT2D eigenvalue weighted by molar-refractivity contribution is 0.102. The molecule has 6 heteroatoms. The van der Waals surface area contributed by atoms with Crippen molar-refractivity contribution in [3.63, 3.8) is 0 Å². The van der Waals surface area contributed by atoms with E-state index in [0.717, 1.165) is 28.1 Å². The van der Waals surface area contributed by atoms with Crippen molar-refractivity contribution in [3.8, 4) is 0 Å². The van der Waals surface area contributed by atoms with Crippen LogP contribution >= 0.6 is 11.6 Å². The van der Waals surface area contributed by atoms with E-state index in [1.54, 1.807) is 12.3 Å². The van der Waals surface area contributed by atoms with Crippen LogP contribution in [0, 0.1) is 20.8 Å². The number of aryl methyl sites for hydroxylation is 2. The quantitative estimate of drug-likeness (QED) is 0.678. The van der Waals surface area contributed by atoms with Crippen molar-refractivity contribution >= 4 is 34.8 Å². The Bertz CT molecular complexity index is 952. The fourth-order valence-corrected chi connectivity index (χ4v) is 2.83. The van der Waals surface area contributed by atoms with Crippen LogP contribution in [0.25, 0.3) is 0 Å². The Morgan fingerprint density at radius 2 is 1.77 bits per heavy atom. The van der Waals surface area contributed by atoms with E-state index in [1.165, 1.54) is 0 Å². The molecule has 0 fully saturated rings. The molecule has 26 heavy (non-hydrogen) atoms. The van der Waals surface area contributed by atoms with Crippen molar-refractivity contribution in [3.05, 3.63) is 76.1 Å². The molecule has 0 unspecified atom stereocenters. The van der Waals surface area contributed by atoms with Crippen LogP contribution in [0.5, 0.6) is 0 Å². The molecule has 0 radical (unpaired) electrons. The summed E-state index contributed by atoms with van der Waals surface area (Å²) in [4.78, 5) is 21.0. The largest absolute Gasteiger partial charge is 0.324 e. The molecule has 3 aromatic rings. The summed E-state index contributed by atoms with van der Waals surface area (Å²) >= 11 is 6.13. The number of carbonyl (C=O) groups excluding carboxylic acids is 1. The number of halogens is 1. The highest BCUT2D eigenvalue weighted by atomic mass is 35.5. The van der Waals surface area contributed by atoms with Crippen LogP contribution in [0.4, 0.5) is 17.3 Å². The zero-order valence-electron chi connectivity index (χ0n) is 14.8. The van der Waals surface area contributed by atoms with Crippen molar-refractivity contribution in [2.45, 2.75) is 20.8 Å². The average Bonchev–Trinajstić information content (AvgIpc) is 2.58. The minimum absolute atomic E-state index is 0.279. The Kier molecular flexibility index (Phi) is 5.19. The number of nitrogens with zero attached hydrogens (tertiary/aromatic N) is 2. The van der Waals surface area contributed by atoms with Crippen LogP contribution in [-0.4, -0.2) is 15.9 Å². The lowest BCUT2D eigenvalue weighted by Crippen LogP contribution is -2.15. The minimum Gasteiger partial charge on any atom is -0.324 e. The van der Waals surface area contributed by atoms with Gasteiger partial charge in [-0.15, -0.1) is 0 Å². The summed E-state index contributed by atoms with van der Waals surface area (Å²) < 4.78 is 0. The van der Waals surface area contributed by atoms with Gasteiger partial charge in [-0.3, -0.25) is 4.79 Å². The number of amides is 1. The molecule has 2 N–H and O–H groups in total. The lowest BCUT2D eigenvalue weighted by atomic mass is 10.1. The summed E-state index contributed by atoms with van der Waals surface area (Å²) in [6.45, 7) is 5.88. The lowest BCUT2D eigenvalue weighted by Gasteiger charge is -2.10. The SMILES string of the molecule is Cc1cc(C)cc(NC(=O)c2ccnc(Nc3cccc(Cl)c3C)n2)c1. The van der Waals surface area contributed by atoms with Crippen molar-refractivity contribution in [2.75, 3.05) is 10.6 Å². The molecule has 0 atom stereocenters. The maximum atomic E-state index is 12.5. The van der Waals surface area contributed by atoms with Gasteiger partial charge in [0.2, 0.25) is 5.95 Å². The summed E-state index contributed by atoms with van der Waals surface area (Å²) in [6, 6.07) is 13.0. The number of hydrogen-bond donors (Lipinski definition) is 2. The normalized spacial score (nSPS) is 10.5. The van der Waals surface area contributed by atoms with Gasteiger partial charge in [0.1, 0.15) is 5.69 Å². The van der Waals surface area contributed by atoms with E-state index in [-0.39, 0.29) is 11.6 Å². The van der Waals surface area contributed by atoms with Gasteiger partial charge < -0.3 is 10.6 Å². The molecule has 2 aromatic carbocycles. The molecular formula is C20H19ClN4O. The maximum absolute atomic E-state index is 12.5. The summed E-state index contributed by atoms with van der Waals surface area (Å²) in [7, 11) is 0. The van der Waals surface area contributed by atoms with Gasteiger partial charge in [-0.1, -0.05) is 23.7 Å². The number of hydrogen-bond acceptors (Lipinski definition) is 4. The molecule has 0 saturated heterocycles. The molecule has 1 amide bonds. The zero-order valence-corrected chi connectivity index (χ0v) is 15.6. The van der Waals surface area contributed by atoms with E-state index >= 15 is 0 Å². The Morgan fingerprint density at radius 3 is 2.50 bits per heavy atom. The molecule has 0 saturated carbocycles. The zero-order chi connectivity index (χ0) is 18.7. The van der Waals surface area contributed by atoms with E-state index in [9.17, 15) is 4.79 Å². The summed E-state index contributed by atoms with van der Waals surface area (Å²) in [6.07, 6.45) is 1.55. The molecule has 0 bridgehead atoms. The van der Waals surface area contributed by atoms with Crippen LogP contribution < -0.4 is 10.6 Å². The first-order valence-electron chi connectivity index (χ1n) is 8.17. The molecule has 0 spiro atoms. The fraction of sp³-hybridized carbons (Fsp3) is 0.150. The number of rotatable bonds is 4. The predicted octanol–water partition coefficient (Wildman–Crippen LogP) is 5.05. The third kappa shape index (κ3) is 4.18. The van der Waals surface area contributed by atoms with Crippen LogP contribution in [0.1, 0.15) is 27.2 Å². The van der Waals surface area contributed by atoms with E-state index in [0.29, 0.717) is 11.0 Å². The Hall–Kier alpha value is -2.92. The maximum Gasteiger partial charge on any atom is 0.274 e. The van der Waals surface area contributed by atoms with Crippen molar-refractivity contribution in [2.24, 2.45) is 0 Å². The first kappa shape index (κ1) is 17.9. The summed E-state index contributed by atoms with van der Waals surface area (Å²) in [5, 5.41) is 6.63. The molecule has 0 aliphatic rings. The molecule has 0 aliphatic carbocycles. The number of aromatic nitrogens is 2. The highest BCUT2D eigenvalue weighted by Crippen LogP contribution is 2.25. The average molecular weight is 367 g/mol. The summed E-state index contributed by atoms with van der Waals surface area (Å²) in [5.41, 5.74) is 4.88. The van der Waals surface area contributed by atoms with E-state index in [4.69, 9.17) is 11.6 Å². The van der Waals surface area contributed by atoms with Crippen LogP contribution in [0.2, 0.25) is 5.02 Å². The second kappa shape index (κ2) is 7.54. The van der Waals surface area contributed by atoms with Gasteiger partial charge in [-0.05, 0) is 67.8 Å². The highest BCUT2D eigenvalue weighted by Gasteiger charge is 2.11. The second-order valence-corrected chi connectivity index (χ2v) is 6.54. The molecule has 3 rings (SSSR count). The minimum atomic E-state index is -0.289. The number of anilines is 3. The summed E-state index contributed by atoms with van der Waals surface area (Å²) in [5.74, 6) is 0.0479. The molecule has 1 heterocycles. The van der Waals surface area contributed by atoms with E-state index < -0.39 is 0 Å². The number of nitrogens with one attached hydrogen (secondary N) is 2. The standard InChI is InChI=1S/C20H19ClN4O/c1-12-9-13(2)11-15(10-12)23-19(26)18-7-8-22-20(25-18)24-17-6-4-5-16(21)14(17)3/h4-11H,1-3H3,(H,23,26)(H,22,24,25). The number of benzene rings is 2. The third-order valence-electron chi connectivity index (χ3n) is 3.88. The van der Waals surface area contributed by atoms with Gasteiger partial charge >= 0.3 is 0 Å². The van der Waals surface area contributed by atoms with Crippen molar-refractivity contribution in [1.29, 1.82) is 0 Å². The molecule has 1 aromatic heterocycles. The molecular weight excluding hydrogens is 348 g/mol. The van der Waals surface area contributed by atoms with Crippen LogP contribution in [0.3, 0.4) is 0 Å². The first-order valence-corrected chi connectivity index (χ1v) is 8.55.